The fraction of sp³-hybridized carbons (Fsp3) is 0.167. The van der Waals surface area contributed by atoms with E-state index in [9.17, 15) is 18.0 Å². The van der Waals surface area contributed by atoms with Gasteiger partial charge in [0.1, 0.15) is 6.04 Å². The lowest BCUT2D eigenvalue weighted by molar-refractivity contribution is -0.117. The van der Waals surface area contributed by atoms with Gasteiger partial charge in [0.2, 0.25) is 15.9 Å². The van der Waals surface area contributed by atoms with Crippen LogP contribution < -0.4 is 15.8 Å². The number of nitrogens with one attached hydrogen (secondary N) is 2. The lowest BCUT2D eigenvalue weighted by Gasteiger charge is -2.19. The van der Waals surface area contributed by atoms with Crippen molar-refractivity contribution < 1.29 is 17.6 Å². The summed E-state index contributed by atoms with van der Waals surface area (Å²) in [5, 5.41) is 2.77. The van der Waals surface area contributed by atoms with Gasteiger partial charge < -0.3 is 9.73 Å². The number of carbonyl (C=O) groups excluding carboxylic acids is 1. The lowest BCUT2D eigenvalue weighted by atomic mass is 10.1. The Labute approximate surface area is 190 Å². The molecule has 0 bridgehead atoms. The van der Waals surface area contributed by atoms with Gasteiger partial charge >= 0.3 is 5.76 Å². The SMILES string of the molecule is Cc1ccc(NC(=O)C(Cc2ccccc2)NS(=O)(=O)c2ccc3c(c2)oc(=O)n3C)cc1. The van der Waals surface area contributed by atoms with Crippen LogP contribution in [0, 0.1) is 6.92 Å². The first kappa shape index (κ1) is 22.5. The zero-order chi connectivity index (χ0) is 23.6. The summed E-state index contributed by atoms with van der Waals surface area (Å²) in [6, 6.07) is 19.4. The number of aromatic nitrogens is 1. The molecule has 170 valence electrons. The van der Waals surface area contributed by atoms with Crippen molar-refractivity contribution in [1.82, 2.24) is 9.29 Å². The molecular weight excluding hydrogens is 442 g/mol. The number of nitrogens with zero attached hydrogens (tertiary/aromatic N) is 1. The molecule has 0 radical (unpaired) electrons. The summed E-state index contributed by atoms with van der Waals surface area (Å²) in [4.78, 5) is 24.7. The van der Waals surface area contributed by atoms with Gasteiger partial charge in [0, 0.05) is 18.8 Å². The van der Waals surface area contributed by atoms with Crippen LogP contribution >= 0.6 is 0 Å². The Balaban J connectivity index is 1.63. The van der Waals surface area contributed by atoms with Gasteiger partial charge in [-0.1, -0.05) is 48.0 Å². The Kier molecular flexibility index (Phi) is 6.17. The third-order valence-electron chi connectivity index (χ3n) is 5.29. The summed E-state index contributed by atoms with van der Waals surface area (Å²) in [5.41, 5.74) is 3.02. The van der Waals surface area contributed by atoms with Crippen LogP contribution in [0.25, 0.3) is 11.1 Å². The standard InChI is InChI=1S/C24H23N3O5S/c1-16-8-10-18(11-9-16)25-23(28)20(14-17-6-4-3-5-7-17)26-33(30,31)19-12-13-21-22(15-19)32-24(29)27(21)2/h3-13,15,20,26H,14H2,1-2H3,(H,25,28). The number of oxazole rings is 1. The average molecular weight is 466 g/mol. The quantitative estimate of drug-likeness (QED) is 0.436. The Hall–Kier alpha value is -3.69. The smallest absolute Gasteiger partial charge is 0.408 e. The van der Waals surface area contributed by atoms with Gasteiger partial charge in [0.15, 0.2) is 5.58 Å². The predicted octanol–water partition coefficient (Wildman–Crippen LogP) is 2.97. The van der Waals surface area contributed by atoms with E-state index in [1.54, 1.807) is 12.1 Å². The van der Waals surface area contributed by atoms with Gasteiger partial charge in [-0.25, -0.2) is 13.2 Å². The molecule has 1 aromatic heterocycles. The van der Waals surface area contributed by atoms with Gasteiger partial charge in [-0.3, -0.25) is 9.36 Å². The van der Waals surface area contributed by atoms with Gasteiger partial charge in [-0.15, -0.1) is 0 Å². The van der Waals surface area contributed by atoms with E-state index < -0.39 is 27.7 Å². The molecule has 1 unspecified atom stereocenters. The number of fused-ring (bicyclic) bond motifs is 1. The summed E-state index contributed by atoms with van der Waals surface area (Å²) in [7, 11) is -2.57. The number of benzene rings is 3. The first-order valence-corrected chi connectivity index (χ1v) is 11.7. The Morgan fingerprint density at radius 1 is 1.03 bits per heavy atom. The molecule has 1 atom stereocenters. The first-order valence-electron chi connectivity index (χ1n) is 10.3. The molecule has 2 N–H and O–H groups in total. The summed E-state index contributed by atoms with van der Waals surface area (Å²) in [5.74, 6) is -1.08. The van der Waals surface area contributed by atoms with E-state index >= 15 is 0 Å². The number of carbonyl (C=O) groups is 1. The van der Waals surface area contributed by atoms with Crippen LogP contribution in [-0.4, -0.2) is 24.9 Å². The fourth-order valence-corrected chi connectivity index (χ4v) is 4.65. The van der Waals surface area contributed by atoms with Crippen LogP contribution in [0.5, 0.6) is 0 Å². The van der Waals surface area contributed by atoms with Gasteiger partial charge in [0.05, 0.1) is 10.4 Å². The fourth-order valence-electron chi connectivity index (χ4n) is 3.44. The first-order chi connectivity index (χ1) is 15.7. The highest BCUT2D eigenvalue weighted by molar-refractivity contribution is 7.89. The Bertz CT molecular complexity index is 1460. The second kappa shape index (κ2) is 9.05. The lowest BCUT2D eigenvalue weighted by Crippen LogP contribution is -2.45. The molecule has 1 amide bonds. The highest BCUT2D eigenvalue weighted by atomic mass is 32.2. The van der Waals surface area contributed by atoms with E-state index in [0.717, 1.165) is 11.1 Å². The predicted molar refractivity (Wildman–Crippen MR) is 126 cm³/mol. The molecule has 0 aliphatic carbocycles. The molecule has 4 aromatic rings. The minimum absolute atomic E-state index is 0.106. The van der Waals surface area contributed by atoms with Crippen LogP contribution in [-0.2, 0) is 28.3 Å². The number of aryl methyl sites for hydroxylation is 2. The van der Waals surface area contributed by atoms with E-state index in [1.807, 2.05) is 49.4 Å². The van der Waals surface area contributed by atoms with Gasteiger partial charge in [-0.2, -0.15) is 4.72 Å². The van der Waals surface area contributed by atoms with E-state index in [0.29, 0.717) is 11.2 Å². The number of sulfonamides is 1. The maximum Gasteiger partial charge on any atom is 0.419 e. The largest absolute Gasteiger partial charge is 0.419 e. The van der Waals surface area contributed by atoms with Crippen LogP contribution in [0.3, 0.4) is 0 Å². The van der Waals surface area contributed by atoms with E-state index in [4.69, 9.17) is 4.42 Å². The van der Waals surface area contributed by atoms with Crippen molar-refractivity contribution in [1.29, 1.82) is 0 Å². The van der Waals surface area contributed by atoms with Crippen molar-refractivity contribution >= 4 is 32.7 Å². The van der Waals surface area contributed by atoms with E-state index in [2.05, 4.69) is 10.0 Å². The highest BCUT2D eigenvalue weighted by Gasteiger charge is 2.27. The molecule has 8 nitrogen and oxygen atoms in total. The Morgan fingerprint density at radius 3 is 2.42 bits per heavy atom. The van der Waals surface area contributed by atoms with Crippen molar-refractivity contribution in [3.8, 4) is 0 Å². The maximum atomic E-state index is 13.2. The third-order valence-corrected chi connectivity index (χ3v) is 6.76. The second-order valence-electron chi connectivity index (χ2n) is 7.78. The van der Waals surface area contributed by atoms with Crippen LogP contribution in [0.1, 0.15) is 11.1 Å². The van der Waals surface area contributed by atoms with E-state index in [1.165, 1.54) is 29.8 Å². The second-order valence-corrected chi connectivity index (χ2v) is 9.49. The molecule has 9 heteroatoms. The summed E-state index contributed by atoms with van der Waals surface area (Å²) >= 11 is 0. The molecule has 4 rings (SSSR count). The summed E-state index contributed by atoms with van der Waals surface area (Å²) in [6.07, 6.45) is 0.153. The number of anilines is 1. The molecule has 0 fully saturated rings. The molecule has 33 heavy (non-hydrogen) atoms. The molecule has 0 saturated carbocycles. The molecule has 0 aliphatic rings. The molecule has 0 aliphatic heterocycles. The minimum atomic E-state index is -4.10. The molecular formula is C24H23N3O5S. The monoisotopic (exact) mass is 465 g/mol. The van der Waals surface area contributed by atoms with Crippen LogP contribution in [0.15, 0.2) is 86.9 Å². The van der Waals surface area contributed by atoms with Crippen molar-refractivity contribution in [3.05, 3.63) is 94.5 Å². The third kappa shape index (κ3) is 5.05. The van der Waals surface area contributed by atoms with Crippen LogP contribution in [0.4, 0.5) is 5.69 Å². The summed E-state index contributed by atoms with van der Waals surface area (Å²) < 4.78 is 35.2. The van der Waals surface area contributed by atoms with Crippen molar-refractivity contribution in [2.45, 2.75) is 24.3 Å². The zero-order valence-corrected chi connectivity index (χ0v) is 18.9. The van der Waals surface area contributed by atoms with Crippen LogP contribution in [0.2, 0.25) is 0 Å². The number of rotatable bonds is 7. The zero-order valence-electron chi connectivity index (χ0n) is 18.1. The van der Waals surface area contributed by atoms with Crippen molar-refractivity contribution in [3.63, 3.8) is 0 Å². The number of hydrogen-bond donors (Lipinski definition) is 2. The van der Waals surface area contributed by atoms with Crippen molar-refractivity contribution in [2.24, 2.45) is 7.05 Å². The molecule has 3 aromatic carbocycles. The maximum absolute atomic E-state index is 13.2. The van der Waals surface area contributed by atoms with Crippen molar-refractivity contribution in [2.75, 3.05) is 5.32 Å². The summed E-state index contributed by atoms with van der Waals surface area (Å²) in [6.45, 7) is 1.93. The van der Waals surface area contributed by atoms with E-state index in [-0.39, 0.29) is 16.9 Å². The highest BCUT2D eigenvalue weighted by Crippen LogP contribution is 2.19. The van der Waals surface area contributed by atoms with Gasteiger partial charge in [-0.05, 0) is 43.2 Å². The molecule has 1 heterocycles. The number of amides is 1. The normalized spacial score (nSPS) is 12.5. The Morgan fingerprint density at radius 2 is 1.73 bits per heavy atom. The molecule has 0 spiro atoms. The number of hydrogen-bond acceptors (Lipinski definition) is 5. The minimum Gasteiger partial charge on any atom is -0.408 e. The molecule has 0 saturated heterocycles. The topological polar surface area (TPSA) is 110 Å². The average Bonchev–Trinajstić information content (AvgIpc) is 3.08. The van der Waals surface area contributed by atoms with Gasteiger partial charge in [0.25, 0.3) is 0 Å².